The maximum Gasteiger partial charge on any atom is 0.225 e. The highest BCUT2D eigenvalue weighted by molar-refractivity contribution is 6.30. The molecule has 1 amide bonds. The van der Waals surface area contributed by atoms with Gasteiger partial charge in [0.2, 0.25) is 5.91 Å². The van der Waals surface area contributed by atoms with E-state index in [4.69, 9.17) is 11.6 Å². The third-order valence-corrected chi connectivity index (χ3v) is 4.90. The fourth-order valence-corrected chi connectivity index (χ4v) is 3.15. The van der Waals surface area contributed by atoms with Crippen LogP contribution in [0.5, 0.6) is 0 Å². The number of benzene rings is 1. The quantitative estimate of drug-likeness (QED) is 0.800. The Balaban J connectivity index is 1.75. The molecule has 1 aliphatic heterocycles. The van der Waals surface area contributed by atoms with Gasteiger partial charge in [0.05, 0.1) is 0 Å². The summed E-state index contributed by atoms with van der Waals surface area (Å²) >= 11 is 5.91. The summed E-state index contributed by atoms with van der Waals surface area (Å²) in [6.45, 7) is 8.97. The molecule has 0 aliphatic carbocycles. The number of carbonyl (C=O) groups excluding carboxylic acids is 1. The molecule has 0 spiro atoms. The standard InChI is InChI=1S/C18H27ClN2O/c1-3-16(4-2)18(22)21-13-11-20(12-14-21)10-9-15-5-7-17(19)8-6-15/h5-8,16H,3-4,9-14H2,1-2H3. The monoisotopic (exact) mass is 322 g/mol. The van der Waals surface area contributed by atoms with E-state index in [9.17, 15) is 4.79 Å². The second kappa shape index (κ2) is 8.54. The topological polar surface area (TPSA) is 23.6 Å². The molecule has 22 heavy (non-hydrogen) atoms. The minimum atomic E-state index is 0.209. The largest absolute Gasteiger partial charge is 0.340 e. The number of carbonyl (C=O) groups is 1. The molecule has 1 heterocycles. The van der Waals surface area contributed by atoms with Gasteiger partial charge < -0.3 is 4.90 Å². The molecule has 0 radical (unpaired) electrons. The van der Waals surface area contributed by atoms with E-state index < -0.39 is 0 Å². The molecule has 0 saturated carbocycles. The molecule has 1 aromatic carbocycles. The normalized spacial score (nSPS) is 16.3. The molecule has 0 aromatic heterocycles. The molecule has 4 heteroatoms. The van der Waals surface area contributed by atoms with Gasteiger partial charge in [-0.1, -0.05) is 37.6 Å². The van der Waals surface area contributed by atoms with Crippen LogP contribution in [-0.2, 0) is 11.2 Å². The molecule has 0 bridgehead atoms. The van der Waals surface area contributed by atoms with Crippen LogP contribution in [0.25, 0.3) is 0 Å². The second-order valence-electron chi connectivity index (χ2n) is 6.06. The molecule has 0 atom stereocenters. The van der Waals surface area contributed by atoms with Gasteiger partial charge in [-0.05, 0) is 37.0 Å². The van der Waals surface area contributed by atoms with Crippen LogP contribution < -0.4 is 0 Å². The summed E-state index contributed by atoms with van der Waals surface area (Å²) in [6.07, 6.45) is 2.94. The lowest BCUT2D eigenvalue weighted by Crippen LogP contribution is -2.50. The molecule has 2 rings (SSSR count). The summed E-state index contributed by atoms with van der Waals surface area (Å²) < 4.78 is 0. The van der Waals surface area contributed by atoms with Crippen molar-refractivity contribution in [2.45, 2.75) is 33.1 Å². The minimum Gasteiger partial charge on any atom is -0.340 e. The number of piperazine rings is 1. The molecule has 1 saturated heterocycles. The van der Waals surface area contributed by atoms with Crippen molar-refractivity contribution >= 4 is 17.5 Å². The zero-order valence-corrected chi connectivity index (χ0v) is 14.5. The van der Waals surface area contributed by atoms with Crippen molar-refractivity contribution in [3.05, 3.63) is 34.9 Å². The second-order valence-corrected chi connectivity index (χ2v) is 6.49. The third kappa shape index (κ3) is 4.72. The van der Waals surface area contributed by atoms with Crippen LogP contribution in [0.2, 0.25) is 5.02 Å². The maximum absolute atomic E-state index is 12.4. The van der Waals surface area contributed by atoms with E-state index in [0.29, 0.717) is 5.91 Å². The predicted molar refractivity (Wildman–Crippen MR) is 92.2 cm³/mol. The number of amides is 1. The summed E-state index contributed by atoms with van der Waals surface area (Å²) in [5, 5.41) is 0.789. The van der Waals surface area contributed by atoms with Crippen LogP contribution >= 0.6 is 11.6 Å². The summed E-state index contributed by atoms with van der Waals surface area (Å²) in [5.74, 6) is 0.558. The molecule has 0 unspecified atom stereocenters. The van der Waals surface area contributed by atoms with Crippen LogP contribution in [0.3, 0.4) is 0 Å². The van der Waals surface area contributed by atoms with Crippen LogP contribution in [0.15, 0.2) is 24.3 Å². The Labute approximate surface area is 139 Å². The van der Waals surface area contributed by atoms with Gasteiger partial charge in [0.1, 0.15) is 0 Å². The maximum atomic E-state index is 12.4. The zero-order chi connectivity index (χ0) is 15.9. The zero-order valence-electron chi connectivity index (χ0n) is 13.7. The fraction of sp³-hybridized carbons (Fsp3) is 0.611. The van der Waals surface area contributed by atoms with Gasteiger partial charge in [0.25, 0.3) is 0 Å². The summed E-state index contributed by atoms with van der Waals surface area (Å²) in [7, 11) is 0. The van der Waals surface area contributed by atoms with Gasteiger partial charge in [0, 0.05) is 43.7 Å². The number of halogens is 1. The Morgan fingerprint density at radius 2 is 1.68 bits per heavy atom. The highest BCUT2D eigenvalue weighted by Gasteiger charge is 2.25. The summed E-state index contributed by atoms with van der Waals surface area (Å²) in [4.78, 5) is 16.9. The van der Waals surface area contributed by atoms with Crippen molar-refractivity contribution in [3.63, 3.8) is 0 Å². The minimum absolute atomic E-state index is 0.209. The number of hydrogen-bond donors (Lipinski definition) is 0. The highest BCUT2D eigenvalue weighted by Crippen LogP contribution is 2.15. The van der Waals surface area contributed by atoms with Gasteiger partial charge in [-0.15, -0.1) is 0 Å². The van der Waals surface area contributed by atoms with Crippen molar-refractivity contribution in [1.29, 1.82) is 0 Å². The highest BCUT2D eigenvalue weighted by atomic mass is 35.5. The average Bonchev–Trinajstić information content (AvgIpc) is 2.56. The Morgan fingerprint density at radius 3 is 2.23 bits per heavy atom. The first-order valence-electron chi connectivity index (χ1n) is 8.39. The fourth-order valence-electron chi connectivity index (χ4n) is 3.03. The van der Waals surface area contributed by atoms with E-state index in [-0.39, 0.29) is 5.92 Å². The molecular formula is C18H27ClN2O. The van der Waals surface area contributed by atoms with Crippen molar-refractivity contribution in [3.8, 4) is 0 Å². The average molecular weight is 323 g/mol. The molecular weight excluding hydrogens is 296 g/mol. The first kappa shape index (κ1) is 17.3. The lowest BCUT2D eigenvalue weighted by Gasteiger charge is -2.36. The van der Waals surface area contributed by atoms with E-state index in [1.54, 1.807) is 0 Å². The van der Waals surface area contributed by atoms with Crippen LogP contribution in [-0.4, -0.2) is 48.4 Å². The Hall–Kier alpha value is -1.06. The number of rotatable bonds is 6. The van der Waals surface area contributed by atoms with Crippen LogP contribution in [0.4, 0.5) is 0 Å². The van der Waals surface area contributed by atoms with E-state index in [1.165, 1.54) is 5.56 Å². The molecule has 1 aromatic rings. The van der Waals surface area contributed by atoms with Crippen molar-refractivity contribution in [2.24, 2.45) is 5.92 Å². The SMILES string of the molecule is CCC(CC)C(=O)N1CCN(CCc2ccc(Cl)cc2)CC1. The Bertz CT molecular complexity index is 462. The Kier molecular flexibility index (Phi) is 6.71. The smallest absolute Gasteiger partial charge is 0.225 e. The summed E-state index contributed by atoms with van der Waals surface area (Å²) in [6, 6.07) is 8.08. The van der Waals surface area contributed by atoms with Gasteiger partial charge in [-0.2, -0.15) is 0 Å². The predicted octanol–water partition coefficient (Wildman–Crippen LogP) is 3.46. The van der Waals surface area contributed by atoms with Gasteiger partial charge in [-0.25, -0.2) is 0 Å². The third-order valence-electron chi connectivity index (χ3n) is 4.65. The number of nitrogens with zero attached hydrogens (tertiary/aromatic N) is 2. The van der Waals surface area contributed by atoms with Crippen molar-refractivity contribution in [1.82, 2.24) is 9.80 Å². The first-order valence-corrected chi connectivity index (χ1v) is 8.77. The van der Waals surface area contributed by atoms with E-state index in [0.717, 1.165) is 57.0 Å². The Morgan fingerprint density at radius 1 is 1.09 bits per heavy atom. The lowest BCUT2D eigenvalue weighted by molar-refractivity contribution is -0.137. The lowest BCUT2D eigenvalue weighted by atomic mass is 10.0. The molecule has 1 fully saturated rings. The van der Waals surface area contributed by atoms with E-state index in [1.807, 2.05) is 12.1 Å². The van der Waals surface area contributed by atoms with Gasteiger partial charge in [0.15, 0.2) is 0 Å². The first-order chi connectivity index (χ1) is 10.6. The van der Waals surface area contributed by atoms with E-state index in [2.05, 4.69) is 35.8 Å². The van der Waals surface area contributed by atoms with Gasteiger partial charge >= 0.3 is 0 Å². The number of hydrogen-bond acceptors (Lipinski definition) is 2. The van der Waals surface area contributed by atoms with Crippen molar-refractivity contribution < 1.29 is 4.79 Å². The summed E-state index contributed by atoms with van der Waals surface area (Å²) in [5.41, 5.74) is 1.32. The van der Waals surface area contributed by atoms with Crippen LogP contribution in [0.1, 0.15) is 32.3 Å². The van der Waals surface area contributed by atoms with Crippen LogP contribution in [0, 0.1) is 5.92 Å². The van der Waals surface area contributed by atoms with Gasteiger partial charge in [-0.3, -0.25) is 9.69 Å². The van der Waals surface area contributed by atoms with E-state index >= 15 is 0 Å². The molecule has 3 nitrogen and oxygen atoms in total. The van der Waals surface area contributed by atoms with Crippen molar-refractivity contribution in [2.75, 3.05) is 32.7 Å². The molecule has 1 aliphatic rings. The molecule has 0 N–H and O–H groups in total. The molecule has 122 valence electrons.